The Morgan fingerprint density at radius 3 is 2.81 bits per heavy atom. The molecule has 7 heteroatoms. The molecule has 0 saturated heterocycles. The Morgan fingerprint density at radius 1 is 1.52 bits per heavy atom. The van der Waals surface area contributed by atoms with Crippen LogP contribution in [0.2, 0.25) is 0 Å². The molecule has 0 radical (unpaired) electrons. The Hall–Kier alpha value is -1.18. The molecule has 0 aromatic heterocycles. The molecule has 27 heavy (non-hydrogen) atoms. The molecule has 0 fully saturated rings. The second kappa shape index (κ2) is 13.1. The van der Waals surface area contributed by atoms with Crippen molar-refractivity contribution in [2.75, 3.05) is 18.2 Å². The Morgan fingerprint density at radius 2 is 2.26 bits per heavy atom. The summed E-state index contributed by atoms with van der Waals surface area (Å²) in [7, 11) is 1.37. The minimum absolute atomic E-state index is 0.00484. The van der Waals surface area contributed by atoms with Gasteiger partial charge in [0.15, 0.2) is 0 Å². The number of esters is 1. The number of ether oxygens (including phenoxy) is 1. The van der Waals surface area contributed by atoms with Crippen LogP contribution in [0.3, 0.4) is 0 Å². The number of halogens is 1. The van der Waals surface area contributed by atoms with Gasteiger partial charge in [0, 0.05) is 21.6 Å². The standard InChI is InChI=1S/C15H21FN2O2S2.C5H10/c1-4-9(2)17-15-18-14-11(16)7-10(8-12(14)22-15)21-6-5-13(19)20-3;1-3-5-4-2/h7-9,15,17-18H,4-6H2,1-3H3;3H,1,4-5H2,2H3/t9-,15?;/m0./s1. The molecule has 0 aliphatic carbocycles. The van der Waals surface area contributed by atoms with Crippen molar-refractivity contribution in [1.82, 2.24) is 5.32 Å². The number of methoxy groups -OCH3 is 1. The molecule has 0 saturated carbocycles. The van der Waals surface area contributed by atoms with Gasteiger partial charge < -0.3 is 10.1 Å². The summed E-state index contributed by atoms with van der Waals surface area (Å²) in [5.41, 5.74) is 0.554. The van der Waals surface area contributed by atoms with E-state index in [9.17, 15) is 9.18 Å². The zero-order valence-corrected chi connectivity index (χ0v) is 18.3. The van der Waals surface area contributed by atoms with E-state index >= 15 is 0 Å². The molecule has 0 spiro atoms. The molecule has 1 unspecified atom stereocenters. The summed E-state index contributed by atoms with van der Waals surface area (Å²) >= 11 is 3.05. The van der Waals surface area contributed by atoms with Crippen LogP contribution in [-0.2, 0) is 9.53 Å². The summed E-state index contributed by atoms with van der Waals surface area (Å²) in [6.07, 6.45) is 5.65. The zero-order valence-electron chi connectivity index (χ0n) is 16.6. The average Bonchev–Trinajstić information content (AvgIpc) is 3.05. The van der Waals surface area contributed by atoms with Gasteiger partial charge in [-0.05, 0) is 31.9 Å². The van der Waals surface area contributed by atoms with E-state index in [1.807, 2.05) is 12.1 Å². The number of hydrogen-bond donors (Lipinski definition) is 2. The Kier molecular flexibility index (Phi) is 11.6. The van der Waals surface area contributed by atoms with Gasteiger partial charge in [-0.25, -0.2) is 4.39 Å². The molecule has 2 atom stereocenters. The van der Waals surface area contributed by atoms with Crippen LogP contribution in [0.5, 0.6) is 0 Å². The van der Waals surface area contributed by atoms with Crippen molar-refractivity contribution in [3.63, 3.8) is 0 Å². The molecule has 1 aliphatic heterocycles. The van der Waals surface area contributed by atoms with Crippen molar-refractivity contribution in [2.45, 2.75) is 67.8 Å². The van der Waals surface area contributed by atoms with Gasteiger partial charge in [-0.15, -0.1) is 18.3 Å². The SMILES string of the molecule is C=CCCC.CC[C@H](C)NC1Nc2c(F)cc(SCCC(=O)OC)cc2S1. The van der Waals surface area contributed by atoms with Gasteiger partial charge in [-0.1, -0.05) is 38.1 Å². The maximum Gasteiger partial charge on any atom is 0.306 e. The third kappa shape index (κ3) is 8.58. The average molecular weight is 415 g/mol. The summed E-state index contributed by atoms with van der Waals surface area (Å²) in [6, 6.07) is 3.85. The molecule has 4 nitrogen and oxygen atoms in total. The van der Waals surface area contributed by atoms with Crippen molar-refractivity contribution in [3.8, 4) is 0 Å². The lowest BCUT2D eigenvalue weighted by Crippen LogP contribution is -2.37. The van der Waals surface area contributed by atoms with Crippen molar-refractivity contribution in [3.05, 3.63) is 30.6 Å². The van der Waals surface area contributed by atoms with Crippen LogP contribution in [0.1, 0.15) is 46.5 Å². The van der Waals surface area contributed by atoms with Crippen LogP contribution >= 0.6 is 23.5 Å². The second-order valence-electron chi connectivity index (χ2n) is 6.15. The molecule has 2 N–H and O–H groups in total. The van der Waals surface area contributed by atoms with Crippen LogP contribution in [0.25, 0.3) is 0 Å². The number of anilines is 1. The van der Waals surface area contributed by atoms with Crippen molar-refractivity contribution >= 4 is 35.2 Å². The number of nitrogens with one attached hydrogen (secondary N) is 2. The number of rotatable bonds is 9. The first-order valence-electron chi connectivity index (χ1n) is 9.28. The fourth-order valence-corrected chi connectivity index (χ4v) is 4.34. The van der Waals surface area contributed by atoms with E-state index in [1.54, 1.807) is 11.8 Å². The molecule has 0 bridgehead atoms. The molecule has 0 amide bonds. The van der Waals surface area contributed by atoms with Gasteiger partial charge in [0.25, 0.3) is 0 Å². The van der Waals surface area contributed by atoms with Crippen LogP contribution < -0.4 is 10.6 Å². The third-order valence-corrected chi connectivity index (χ3v) is 5.93. The molecule has 1 aliphatic rings. The number of carbonyl (C=O) groups is 1. The highest BCUT2D eigenvalue weighted by molar-refractivity contribution is 8.00. The van der Waals surface area contributed by atoms with E-state index in [4.69, 9.17) is 0 Å². The topological polar surface area (TPSA) is 50.4 Å². The molecular formula is C20H31FN2O2S2. The molecule has 1 aromatic rings. The van der Waals surface area contributed by atoms with Crippen molar-refractivity contribution < 1.29 is 13.9 Å². The highest BCUT2D eigenvalue weighted by Gasteiger charge is 2.25. The van der Waals surface area contributed by atoms with E-state index in [2.05, 4.69) is 42.7 Å². The Balaban J connectivity index is 0.000000646. The van der Waals surface area contributed by atoms with E-state index in [-0.39, 0.29) is 17.3 Å². The molecule has 2 rings (SSSR count). The predicted octanol–water partition coefficient (Wildman–Crippen LogP) is 5.64. The van der Waals surface area contributed by atoms with E-state index in [1.165, 1.54) is 31.4 Å². The summed E-state index contributed by atoms with van der Waals surface area (Å²) in [5.74, 6) is 0.0828. The number of carbonyl (C=O) groups excluding carboxylic acids is 1. The summed E-state index contributed by atoms with van der Waals surface area (Å²) < 4.78 is 18.8. The van der Waals surface area contributed by atoms with Gasteiger partial charge >= 0.3 is 5.97 Å². The molecule has 1 aromatic carbocycles. The number of allylic oxidation sites excluding steroid dienone is 1. The van der Waals surface area contributed by atoms with Crippen LogP contribution in [-0.4, -0.2) is 30.4 Å². The van der Waals surface area contributed by atoms with E-state index in [0.29, 0.717) is 23.9 Å². The second-order valence-corrected chi connectivity index (χ2v) is 8.46. The normalized spacial score (nSPS) is 15.8. The monoisotopic (exact) mass is 414 g/mol. The third-order valence-electron chi connectivity index (χ3n) is 3.89. The lowest BCUT2D eigenvalue weighted by atomic mass is 10.3. The summed E-state index contributed by atoms with van der Waals surface area (Å²) in [6.45, 7) is 9.91. The van der Waals surface area contributed by atoms with Gasteiger partial charge in [0.2, 0.25) is 0 Å². The number of thioether (sulfide) groups is 2. The predicted molar refractivity (Wildman–Crippen MR) is 115 cm³/mol. The first kappa shape index (κ1) is 23.9. The maximum atomic E-state index is 14.2. The highest BCUT2D eigenvalue weighted by atomic mass is 32.2. The van der Waals surface area contributed by atoms with E-state index in [0.717, 1.165) is 22.6 Å². The fraction of sp³-hybridized carbons (Fsp3) is 0.550. The maximum absolute atomic E-state index is 14.2. The van der Waals surface area contributed by atoms with E-state index < -0.39 is 0 Å². The first-order chi connectivity index (χ1) is 12.9. The quantitative estimate of drug-likeness (QED) is 0.310. The zero-order chi connectivity index (χ0) is 20.2. The van der Waals surface area contributed by atoms with Crippen molar-refractivity contribution in [2.24, 2.45) is 0 Å². The van der Waals surface area contributed by atoms with Crippen LogP contribution in [0, 0.1) is 5.82 Å². The number of fused-ring (bicyclic) bond motifs is 1. The smallest absolute Gasteiger partial charge is 0.306 e. The lowest BCUT2D eigenvalue weighted by molar-refractivity contribution is -0.140. The summed E-state index contributed by atoms with van der Waals surface area (Å²) in [4.78, 5) is 12.8. The van der Waals surface area contributed by atoms with Gasteiger partial charge in [-0.2, -0.15) is 0 Å². The number of hydrogen-bond acceptors (Lipinski definition) is 6. The van der Waals surface area contributed by atoms with Crippen LogP contribution in [0.15, 0.2) is 34.6 Å². The highest BCUT2D eigenvalue weighted by Crippen LogP contribution is 2.41. The largest absolute Gasteiger partial charge is 0.469 e. The molecule has 152 valence electrons. The lowest BCUT2D eigenvalue weighted by Gasteiger charge is -2.17. The first-order valence-corrected chi connectivity index (χ1v) is 11.1. The minimum atomic E-state index is -0.251. The van der Waals surface area contributed by atoms with Gasteiger partial charge in [0.05, 0.1) is 19.2 Å². The van der Waals surface area contributed by atoms with Gasteiger partial charge in [0.1, 0.15) is 11.3 Å². The van der Waals surface area contributed by atoms with Crippen LogP contribution in [0.4, 0.5) is 10.1 Å². The number of benzene rings is 1. The Labute approximate surface area is 171 Å². The fourth-order valence-electron chi connectivity index (χ4n) is 2.17. The van der Waals surface area contributed by atoms with Gasteiger partial charge in [-0.3, -0.25) is 10.1 Å². The molecule has 1 heterocycles. The molecular weight excluding hydrogens is 383 g/mol. The summed E-state index contributed by atoms with van der Waals surface area (Å²) in [5, 5.41) is 6.58. The Bertz CT molecular complexity index is 614. The minimum Gasteiger partial charge on any atom is -0.469 e. The number of unbranched alkanes of at least 4 members (excludes halogenated alkanes) is 1. The van der Waals surface area contributed by atoms with Crippen molar-refractivity contribution in [1.29, 1.82) is 0 Å².